The fourth-order valence-corrected chi connectivity index (χ4v) is 4.52. The molecule has 0 fully saturated rings. The zero-order chi connectivity index (χ0) is 24.6. The summed E-state index contributed by atoms with van der Waals surface area (Å²) in [5.41, 5.74) is 6.32. The SMILES string of the molecule is COc1ccc2ccc(-c3cc4ccc(-c5cc6ccccc6nc5OC)cc4nc3OC)cc2n1. The summed E-state index contributed by atoms with van der Waals surface area (Å²) < 4.78 is 16.6. The highest BCUT2D eigenvalue weighted by Gasteiger charge is 2.14. The molecule has 36 heavy (non-hydrogen) atoms. The number of methoxy groups -OCH3 is 3. The first-order chi connectivity index (χ1) is 17.7. The van der Waals surface area contributed by atoms with Crippen LogP contribution in [0.1, 0.15) is 0 Å². The molecule has 0 saturated carbocycles. The number of hydrogen-bond donors (Lipinski definition) is 0. The van der Waals surface area contributed by atoms with Crippen LogP contribution in [-0.2, 0) is 0 Å². The van der Waals surface area contributed by atoms with Crippen LogP contribution in [0.3, 0.4) is 0 Å². The molecule has 0 aliphatic carbocycles. The van der Waals surface area contributed by atoms with Crippen molar-refractivity contribution in [2.75, 3.05) is 21.3 Å². The standard InChI is InChI=1S/C30H23N3O3/c1-34-28-13-12-18-8-9-19(16-26(18)31-28)24-15-22-11-10-20(17-27(22)33-30(24)36-3)23-14-21-6-4-5-7-25(21)32-29(23)35-2/h4-17H,1-3H3. The van der Waals surface area contributed by atoms with Crippen LogP contribution < -0.4 is 14.2 Å². The molecule has 0 bridgehead atoms. The molecular weight excluding hydrogens is 450 g/mol. The number of aromatic nitrogens is 3. The first-order valence-electron chi connectivity index (χ1n) is 11.5. The van der Waals surface area contributed by atoms with Crippen LogP contribution in [0.25, 0.3) is 55.0 Å². The Bertz CT molecular complexity index is 1760. The van der Waals surface area contributed by atoms with Gasteiger partial charge >= 0.3 is 0 Å². The fraction of sp³-hybridized carbons (Fsp3) is 0.100. The van der Waals surface area contributed by atoms with Crippen molar-refractivity contribution in [3.8, 4) is 39.9 Å². The molecule has 0 radical (unpaired) electrons. The molecule has 0 atom stereocenters. The molecule has 0 spiro atoms. The van der Waals surface area contributed by atoms with Crippen LogP contribution in [0.2, 0.25) is 0 Å². The average Bonchev–Trinajstić information content (AvgIpc) is 2.94. The Kier molecular flexibility index (Phi) is 5.34. The molecule has 6 nitrogen and oxygen atoms in total. The molecule has 6 aromatic rings. The predicted octanol–water partition coefficient (Wildman–Crippen LogP) is 6.69. The van der Waals surface area contributed by atoms with Gasteiger partial charge in [0.15, 0.2) is 0 Å². The lowest BCUT2D eigenvalue weighted by Gasteiger charge is -2.13. The zero-order valence-corrected chi connectivity index (χ0v) is 20.1. The van der Waals surface area contributed by atoms with Gasteiger partial charge in [-0.05, 0) is 47.5 Å². The van der Waals surface area contributed by atoms with Gasteiger partial charge in [0.1, 0.15) is 0 Å². The van der Waals surface area contributed by atoms with Gasteiger partial charge in [0, 0.05) is 33.4 Å². The molecule has 6 heteroatoms. The number of ether oxygens (including phenoxy) is 3. The summed E-state index contributed by atoms with van der Waals surface area (Å²) in [5.74, 6) is 1.70. The molecule has 0 amide bonds. The van der Waals surface area contributed by atoms with Crippen LogP contribution in [-0.4, -0.2) is 36.3 Å². The van der Waals surface area contributed by atoms with E-state index in [9.17, 15) is 0 Å². The lowest BCUT2D eigenvalue weighted by molar-refractivity contribution is 0.399. The first kappa shape index (κ1) is 21.8. The van der Waals surface area contributed by atoms with Crippen molar-refractivity contribution < 1.29 is 14.2 Å². The summed E-state index contributed by atoms with van der Waals surface area (Å²) in [7, 11) is 4.90. The summed E-state index contributed by atoms with van der Waals surface area (Å²) in [6.07, 6.45) is 0. The van der Waals surface area contributed by atoms with Crippen LogP contribution >= 0.6 is 0 Å². The second-order valence-electron chi connectivity index (χ2n) is 8.45. The predicted molar refractivity (Wildman–Crippen MR) is 143 cm³/mol. The van der Waals surface area contributed by atoms with Gasteiger partial charge in [-0.25, -0.2) is 15.0 Å². The first-order valence-corrected chi connectivity index (χ1v) is 11.5. The number of fused-ring (bicyclic) bond motifs is 3. The van der Waals surface area contributed by atoms with Crippen molar-refractivity contribution in [1.29, 1.82) is 0 Å². The monoisotopic (exact) mass is 473 g/mol. The average molecular weight is 474 g/mol. The van der Waals surface area contributed by atoms with E-state index in [-0.39, 0.29) is 0 Å². The quantitative estimate of drug-likeness (QED) is 0.278. The van der Waals surface area contributed by atoms with E-state index in [2.05, 4.69) is 35.3 Å². The van der Waals surface area contributed by atoms with Gasteiger partial charge in [0.25, 0.3) is 0 Å². The molecule has 6 rings (SSSR count). The second kappa shape index (κ2) is 8.82. The number of benzene rings is 3. The van der Waals surface area contributed by atoms with E-state index in [1.807, 2.05) is 54.6 Å². The minimum absolute atomic E-state index is 0.547. The highest BCUT2D eigenvalue weighted by atomic mass is 16.5. The van der Waals surface area contributed by atoms with Crippen molar-refractivity contribution in [3.05, 3.63) is 84.9 Å². The summed E-state index contributed by atoms with van der Waals surface area (Å²) in [5, 5.41) is 3.09. The second-order valence-corrected chi connectivity index (χ2v) is 8.45. The molecule has 0 aliphatic heterocycles. The third kappa shape index (κ3) is 3.73. The number of pyridine rings is 3. The Balaban J connectivity index is 1.48. The maximum Gasteiger partial charge on any atom is 0.221 e. The Morgan fingerprint density at radius 3 is 1.69 bits per heavy atom. The molecule has 0 saturated heterocycles. The van der Waals surface area contributed by atoms with Gasteiger partial charge < -0.3 is 14.2 Å². The van der Waals surface area contributed by atoms with Crippen LogP contribution in [0.5, 0.6) is 17.6 Å². The maximum atomic E-state index is 5.72. The Morgan fingerprint density at radius 1 is 0.472 bits per heavy atom. The van der Waals surface area contributed by atoms with E-state index in [1.165, 1.54) is 0 Å². The van der Waals surface area contributed by atoms with Crippen LogP contribution in [0.15, 0.2) is 84.9 Å². The van der Waals surface area contributed by atoms with Gasteiger partial charge in [-0.15, -0.1) is 0 Å². The topological polar surface area (TPSA) is 66.4 Å². The molecular formula is C30H23N3O3. The highest BCUT2D eigenvalue weighted by molar-refractivity contribution is 5.93. The Morgan fingerprint density at radius 2 is 1.03 bits per heavy atom. The molecule has 3 aromatic carbocycles. The minimum Gasteiger partial charge on any atom is -0.481 e. The van der Waals surface area contributed by atoms with Gasteiger partial charge in [0.05, 0.1) is 37.9 Å². The Labute approximate surface area is 208 Å². The summed E-state index contributed by atoms with van der Waals surface area (Å²) in [6, 6.07) is 28.4. The van der Waals surface area contributed by atoms with Crippen molar-refractivity contribution in [1.82, 2.24) is 15.0 Å². The smallest absolute Gasteiger partial charge is 0.221 e. The Hall–Kier alpha value is -4.71. The van der Waals surface area contributed by atoms with E-state index < -0.39 is 0 Å². The van der Waals surface area contributed by atoms with E-state index in [0.29, 0.717) is 17.6 Å². The molecule has 0 N–H and O–H groups in total. The molecule has 3 heterocycles. The third-order valence-corrected chi connectivity index (χ3v) is 6.36. The summed E-state index contributed by atoms with van der Waals surface area (Å²) in [4.78, 5) is 14.1. The number of nitrogens with zero attached hydrogens (tertiary/aromatic N) is 3. The number of para-hydroxylation sites is 1. The van der Waals surface area contributed by atoms with Crippen molar-refractivity contribution in [2.45, 2.75) is 0 Å². The zero-order valence-electron chi connectivity index (χ0n) is 20.1. The third-order valence-electron chi connectivity index (χ3n) is 6.36. The summed E-state index contributed by atoms with van der Waals surface area (Å²) in [6.45, 7) is 0. The lowest BCUT2D eigenvalue weighted by atomic mass is 10.00. The van der Waals surface area contributed by atoms with Crippen molar-refractivity contribution in [3.63, 3.8) is 0 Å². The molecule has 0 aliphatic rings. The van der Waals surface area contributed by atoms with E-state index in [4.69, 9.17) is 24.2 Å². The maximum absolute atomic E-state index is 5.72. The number of hydrogen-bond acceptors (Lipinski definition) is 6. The molecule has 176 valence electrons. The molecule has 0 unspecified atom stereocenters. The lowest BCUT2D eigenvalue weighted by Crippen LogP contribution is -1.95. The van der Waals surface area contributed by atoms with Gasteiger partial charge in [0.2, 0.25) is 17.6 Å². The van der Waals surface area contributed by atoms with Crippen molar-refractivity contribution in [2.24, 2.45) is 0 Å². The van der Waals surface area contributed by atoms with E-state index in [0.717, 1.165) is 55.0 Å². The normalized spacial score (nSPS) is 11.2. The van der Waals surface area contributed by atoms with Crippen molar-refractivity contribution >= 4 is 32.7 Å². The van der Waals surface area contributed by atoms with Gasteiger partial charge in [-0.2, -0.15) is 0 Å². The summed E-state index contributed by atoms with van der Waals surface area (Å²) >= 11 is 0. The minimum atomic E-state index is 0.547. The van der Waals surface area contributed by atoms with Crippen LogP contribution in [0, 0.1) is 0 Å². The van der Waals surface area contributed by atoms with E-state index in [1.54, 1.807) is 21.3 Å². The van der Waals surface area contributed by atoms with E-state index >= 15 is 0 Å². The van der Waals surface area contributed by atoms with Crippen LogP contribution in [0.4, 0.5) is 0 Å². The van der Waals surface area contributed by atoms with Gasteiger partial charge in [-0.1, -0.05) is 42.5 Å². The highest BCUT2D eigenvalue weighted by Crippen LogP contribution is 2.37. The number of rotatable bonds is 5. The fourth-order valence-electron chi connectivity index (χ4n) is 4.52. The van der Waals surface area contributed by atoms with Gasteiger partial charge in [-0.3, -0.25) is 0 Å². The largest absolute Gasteiger partial charge is 0.481 e. The molecule has 3 aromatic heterocycles.